The number of benzene rings is 1. The summed E-state index contributed by atoms with van der Waals surface area (Å²) in [7, 11) is 0. The Kier molecular flexibility index (Phi) is 3.13. The number of aromatic nitrogens is 1. The smallest absolute Gasteiger partial charge is 0.298 e. The van der Waals surface area contributed by atoms with E-state index in [1.807, 2.05) is 18.2 Å². The standard InChI is InChI=1S/C14H15N3OS/c1-2-17(9-10-5-4-8-19-10)14-16-13-11(15)6-3-7-12(13)18-14/h3-8H,2,9,15H2,1H3. The van der Waals surface area contributed by atoms with Crippen LogP contribution in [-0.4, -0.2) is 11.5 Å². The first-order chi connectivity index (χ1) is 9.28. The van der Waals surface area contributed by atoms with E-state index in [4.69, 9.17) is 10.2 Å². The van der Waals surface area contributed by atoms with Gasteiger partial charge in [0.1, 0.15) is 5.52 Å². The van der Waals surface area contributed by atoms with Gasteiger partial charge >= 0.3 is 0 Å². The minimum absolute atomic E-state index is 0.629. The lowest BCUT2D eigenvalue weighted by molar-refractivity contribution is 0.571. The van der Waals surface area contributed by atoms with Crippen LogP contribution in [0.3, 0.4) is 0 Å². The van der Waals surface area contributed by atoms with E-state index >= 15 is 0 Å². The molecule has 2 N–H and O–H groups in total. The molecule has 3 rings (SSSR count). The number of oxazole rings is 1. The third-order valence-corrected chi connectivity index (χ3v) is 3.88. The van der Waals surface area contributed by atoms with Crippen LogP contribution in [0.25, 0.3) is 11.1 Å². The number of nitrogens with zero attached hydrogens (tertiary/aromatic N) is 2. The van der Waals surface area contributed by atoms with Gasteiger partial charge in [0.25, 0.3) is 6.01 Å². The number of hydrogen-bond donors (Lipinski definition) is 1. The van der Waals surface area contributed by atoms with Crippen molar-refractivity contribution in [1.29, 1.82) is 0 Å². The third-order valence-electron chi connectivity index (χ3n) is 3.02. The number of nitrogens with two attached hydrogens (primary N) is 1. The Balaban J connectivity index is 1.95. The zero-order valence-corrected chi connectivity index (χ0v) is 11.5. The Morgan fingerprint density at radius 2 is 2.21 bits per heavy atom. The highest BCUT2D eigenvalue weighted by atomic mass is 32.1. The van der Waals surface area contributed by atoms with Gasteiger partial charge in [0.15, 0.2) is 5.58 Å². The number of hydrogen-bond acceptors (Lipinski definition) is 5. The van der Waals surface area contributed by atoms with Crippen LogP contribution < -0.4 is 10.6 Å². The molecule has 0 bridgehead atoms. The molecule has 0 aliphatic carbocycles. The van der Waals surface area contributed by atoms with Crippen LogP contribution in [0.1, 0.15) is 11.8 Å². The molecule has 0 aliphatic rings. The summed E-state index contributed by atoms with van der Waals surface area (Å²) in [5.74, 6) is 0. The minimum Gasteiger partial charge on any atom is -0.423 e. The van der Waals surface area contributed by atoms with E-state index in [9.17, 15) is 0 Å². The number of rotatable bonds is 4. The van der Waals surface area contributed by atoms with Gasteiger partial charge in [-0.1, -0.05) is 12.1 Å². The van der Waals surface area contributed by atoms with Crippen LogP contribution in [0.15, 0.2) is 40.1 Å². The lowest BCUT2D eigenvalue weighted by Crippen LogP contribution is -2.21. The average Bonchev–Trinajstić information content (AvgIpc) is 3.05. The molecule has 1 aromatic carbocycles. The lowest BCUT2D eigenvalue weighted by Gasteiger charge is -2.16. The van der Waals surface area contributed by atoms with Gasteiger partial charge in [0.05, 0.1) is 12.2 Å². The Hall–Kier alpha value is -2.01. The molecule has 0 unspecified atom stereocenters. The zero-order valence-electron chi connectivity index (χ0n) is 10.7. The van der Waals surface area contributed by atoms with E-state index in [2.05, 4.69) is 34.3 Å². The average molecular weight is 273 g/mol. The van der Waals surface area contributed by atoms with Crippen molar-refractivity contribution in [2.24, 2.45) is 0 Å². The molecule has 3 aromatic rings. The van der Waals surface area contributed by atoms with Gasteiger partial charge in [-0.05, 0) is 30.5 Å². The van der Waals surface area contributed by atoms with E-state index in [0.29, 0.717) is 11.7 Å². The molecule has 0 atom stereocenters. The number of thiophene rings is 1. The molecule has 0 spiro atoms. The lowest BCUT2D eigenvalue weighted by atomic mass is 10.3. The molecule has 5 heteroatoms. The first-order valence-corrected chi connectivity index (χ1v) is 7.08. The van der Waals surface area contributed by atoms with Gasteiger partial charge in [0, 0.05) is 11.4 Å². The van der Waals surface area contributed by atoms with Crippen LogP contribution in [0.5, 0.6) is 0 Å². The van der Waals surface area contributed by atoms with Gasteiger partial charge in [-0.25, -0.2) is 0 Å². The number of fused-ring (bicyclic) bond motifs is 1. The van der Waals surface area contributed by atoms with Crippen molar-refractivity contribution in [2.75, 3.05) is 17.2 Å². The van der Waals surface area contributed by atoms with Crippen molar-refractivity contribution in [3.63, 3.8) is 0 Å². The predicted octanol–water partition coefficient (Wildman–Crippen LogP) is 3.50. The summed E-state index contributed by atoms with van der Waals surface area (Å²) < 4.78 is 5.79. The maximum Gasteiger partial charge on any atom is 0.298 e. The van der Waals surface area contributed by atoms with E-state index in [-0.39, 0.29) is 0 Å². The van der Waals surface area contributed by atoms with E-state index < -0.39 is 0 Å². The van der Waals surface area contributed by atoms with Crippen molar-refractivity contribution in [2.45, 2.75) is 13.5 Å². The predicted molar refractivity (Wildman–Crippen MR) is 79.5 cm³/mol. The summed E-state index contributed by atoms with van der Waals surface area (Å²) >= 11 is 1.74. The molecule has 19 heavy (non-hydrogen) atoms. The summed E-state index contributed by atoms with van der Waals surface area (Å²) in [6.07, 6.45) is 0. The van der Waals surface area contributed by atoms with Crippen LogP contribution >= 0.6 is 11.3 Å². The van der Waals surface area contributed by atoms with Crippen molar-refractivity contribution in [3.8, 4) is 0 Å². The fourth-order valence-corrected chi connectivity index (χ4v) is 2.72. The van der Waals surface area contributed by atoms with Crippen molar-refractivity contribution in [3.05, 3.63) is 40.6 Å². The van der Waals surface area contributed by atoms with Gasteiger partial charge in [-0.15, -0.1) is 11.3 Å². The number of anilines is 2. The maximum absolute atomic E-state index is 5.91. The summed E-state index contributed by atoms with van der Waals surface area (Å²) in [5, 5.41) is 2.08. The second kappa shape index (κ2) is 4.93. The van der Waals surface area contributed by atoms with Crippen molar-refractivity contribution in [1.82, 2.24) is 4.98 Å². The Bertz CT molecular complexity index is 675. The monoisotopic (exact) mass is 273 g/mol. The molecule has 4 nitrogen and oxygen atoms in total. The van der Waals surface area contributed by atoms with Crippen LogP contribution in [-0.2, 0) is 6.54 Å². The van der Waals surface area contributed by atoms with E-state index in [1.165, 1.54) is 4.88 Å². The number of nitrogen functional groups attached to an aromatic ring is 1. The fourth-order valence-electron chi connectivity index (χ4n) is 2.00. The topological polar surface area (TPSA) is 55.3 Å². The molecule has 0 fully saturated rings. The SMILES string of the molecule is CCN(Cc1cccs1)c1nc2c(N)cccc2o1. The maximum atomic E-state index is 5.91. The van der Waals surface area contributed by atoms with Gasteiger partial charge in [0.2, 0.25) is 0 Å². The first-order valence-electron chi connectivity index (χ1n) is 6.20. The van der Waals surface area contributed by atoms with Gasteiger partial charge in [-0.2, -0.15) is 4.98 Å². The van der Waals surface area contributed by atoms with Crippen LogP contribution in [0, 0.1) is 0 Å². The Morgan fingerprint density at radius 1 is 1.32 bits per heavy atom. The Morgan fingerprint density at radius 3 is 2.89 bits per heavy atom. The second-order valence-electron chi connectivity index (χ2n) is 4.28. The van der Waals surface area contributed by atoms with Crippen molar-refractivity contribution < 1.29 is 4.42 Å². The molecular formula is C14H15N3OS. The van der Waals surface area contributed by atoms with Gasteiger partial charge < -0.3 is 15.1 Å². The highest BCUT2D eigenvalue weighted by Gasteiger charge is 2.14. The highest BCUT2D eigenvalue weighted by Crippen LogP contribution is 2.27. The first kappa shape index (κ1) is 12.0. The minimum atomic E-state index is 0.629. The molecule has 98 valence electrons. The summed E-state index contributed by atoms with van der Waals surface area (Å²) in [6.45, 7) is 3.73. The third kappa shape index (κ3) is 2.29. The summed E-state index contributed by atoms with van der Waals surface area (Å²) in [4.78, 5) is 7.89. The highest BCUT2D eigenvalue weighted by molar-refractivity contribution is 7.09. The Labute approximate surface area is 115 Å². The van der Waals surface area contributed by atoms with Crippen molar-refractivity contribution >= 4 is 34.1 Å². The molecule has 0 radical (unpaired) electrons. The quantitative estimate of drug-likeness (QED) is 0.739. The summed E-state index contributed by atoms with van der Waals surface area (Å²) in [5.41, 5.74) is 8.03. The second-order valence-corrected chi connectivity index (χ2v) is 5.32. The molecular weight excluding hydrogens is 258 g/mol. The fraction of sp³-hybridized carbons (Fsp3) is 0.214. The van der Waals surface area contributed by atoms with E-state index in [0.717, 1.165) is 24.2 Å². The normalized spacial score (nSPS) is 11.0. The van der Waals surface area contributed by atoms with Crippen LogP contribution in [0.2, 0.25) is 0 Å². The number of para-hydroxylation sites is 1. The molecule has 0 amide bonds. The molecule has 2 heterocycles. The van der Waals surface area contributed by atoms with Gasteiger partial charge in [-0.3, -0.25) is 0 Å². The molecule has 2 aromatic heterocycles. The summed E-state index contributed by atoms with van der Waals surface area (Å²) in [6, 6.07) is 10.4. The molecule has 0 aliphatic heterocycles. The zero-order chi connectivity index (χ0) is 13.2. The van der Waals surface area contributed by atoms with E-state index in [1.54, 1.807) is 11.3 Å². The largest absolute Gasteiger partial charge is 0.423 e. The molecule has 0 saturated heterocycles. The molecule has 0 saturated carbocycles. The van der Waals surface area contributed by atoms with Crippen LogP contribution in [0.4, 0.5) is 11.7 Å².